The SMILES string of the molecule is COc1ccccc1NC(=O)c1cc2n(n1)C[C@H](c1ccc(F)cc1)OC2. The number of amides is 1. The molecule has 1 aliphatic rings. The second-order valence-corrected chi connectivity index (χ2v) is 6.21. The van der Waals surface area contributed by atoms with Crippen molar-refractivity contribution in [3.8, 4) is 5.75 Å². The van der Waals surface area contributed by atoms with E-state index in [9.17, 15) is 9.18 Å². The Morgan fingerprint density at radius 1 is 1.26 bits per heavy atom. The Kier molecular flexibility index (Phi) is 4.60. The predicted molar refractivity (Wildman–Crippen MR) is 97.1 cm³/mol. The molecule has 0 radical (unpaired) electrons. The molecule has 1 amide bonds. The van der Waals surface area contributed by atoms with E-state index >= 15 is 0 Å². The van der Waals surface area contributed by atoms with Gasteiger partial charge in [0.15, 0.2) is 5.69 Å². The average molecular weight is 367 g/mol. The molecule has 1 aliphatic heterocycles. The minimum Gasteiger partial charge on any atom is -0.495 e. The highest BCUT2D eigenvalue weighted by molar-refractivity contribution is 6.03. The number of carbonyl (C=O) groups excluding carboxylic acids is 1. The third-order valence-corrected chi connectivity index (χ3v) is 4.46. The lowest BCUT2D eigenvalue weighted by molar-refractivity contribution is -0.00122. The molecule has 0 aliphatic carbocycles. The maximum atomic E-state index is 13.1. The zero-order valence-electron chi connectivity index (χ0n) is 14.7. The first-order valence-corrected chi connectivity index (χ1v) is 8.52. The number of fused-ring (bicyclic) bond motifs is 1. The molecule has 2 heterocycles. The molecular formula is C20H18FN3O3. The van der Waals surface area contributed by atoms with Gasteiger partial charge in [0.25, 0.3) is 5.91 Å². The van der Waals surface area contributed by atoms with Gasteiger partial charge in [-0.2, -0.15) is 5.10 Å². The first kappa shape index (κ1) is 17.2. The zero-order chi connectivity index (χ0) is 18.8. The number of rotatable bonds is 4. The van der Waals surface area contributed by atoms with Crippen molar-refractivity contribution in [2.24, 2.45) is 0 Å². The molecule has 0 bridgehead atoms. The first-order valence-electron chi connectivity index (χ1n) is 8.52. The van der Waals surface area contributed by atoms with Crippen molar-refractivity contribution in [3.63, 3.8) is 0 Å². The van der Waals surface area contributed by atoms with E-state index in [1.807, 2.05) is 12.1 Å². The number of aromatic nitrogens is 2. The second-order valence-electron chi connectivity index (χ2n) is 6.21. The molecular weight excluding hydrogens is 349 g/mol. The van der Waals surface area contributed by atoms with Crippen molar-refractivity contribution in [2.75, 3.05) is 12.4 Å². The summed E-state index contributed by atoms with van der Waals surface area (Å²) in [6.45, 7) is 0.792. The minimum atomic E-state index is -0.320. The molecule has 138 valence electrons. The van der Waals surface area contributed by atoms with E-state index in [4.69, 9.17) is 9.47 Å². The van der Waals surface area contributed by atoms with Gasteiger partial charge < -0.3 is 14.8 Å². The highest BCUT2D eigenvalue weighted by atomic mass is 19.1. The maximum Gasteiger partial charge on any atom is 0.276 e. The Bertz CT molecular complexity index is 969. The highest BCUT2D eigenvalue weighted by Gasteiger charge is 2.24. The molecule has 7 heteroatoms. The smallest absolute Gasteiger partial charge is 0.276 e. The molecule has 0 fully saturated rings. The third-order valence-electron chi connectivity index (χ3n) is 4.46. The van der Waals surface area contributed by atoms with Gasteiger partial charge in [0, 0.05) is 0 Å². The number of anilines is 1. The number of ether oxygens (including phenoxy) is 2. The van der Waals surface area contributed by atoms with E-state index in [-0.39, 0.29) is 17.8 Å². The number of nitrogens with one attached hydrogen (secondary N) is 1. The van der Waals surface area contributed by atoms with Gasteiger partial charge >= 0.3 is 0 Å². The summed E-state index contributed by atoms with van der Waals surface area (Å²) in [6.07, 6.45) is -0.233. The van der Waals surface area contributed by atoms with Gasteiger partial charge in [-0.25, -0.2) is 4.39 Å². The van der Waals surface area contributed by atoms with Gasteiger partial charge in [-0.05, 0) is 35.9 Å². The molecule has 4 rings (SSSR count). The standard InChI is InChI=1S/C20H18FN3O3/c1-26-18-5-3-2-4-16(18)22-20(25)17-10-15-12-27-19(11-24(15)23-17)13-6-8-14(21)9-7-13/h2-10,19H,11-12H2,1H3,(H,22,25)/t19-/m1/s1. The van der Waals surface area contributed by atoms with Crippen LogP contribution in [0.5, 0.6) is 5.75 Å². The van der Waals surface area contributed by atoms with Gasteiger partial charge in [0.05, 0.1) is 31.6 Å². The highest BCUT2D eigenvalue weighted by Crippen LogP contribution is 2.27. The number of para-hydroxylation sites is 2. The second kappa shape index (κ2) is 7.20. The van der Waals surface area contributed by atoms with Crippen molar-refractivity contribution in [2.45, 2.75) is 19.3 Å². The largest absolute Gasteiger partial charge is 0.495 e. The van der Waals surface area contributed by atoms with Crippen LogP contribution in [0.2, 0.25) is 0 Å². The Labute approximate surface area is 155 Å². The molecule has 1 aromatic heterocycles. The van der Waals surface area contributed by atoms with Gasteiger partial charge in [-0.3, -0.25) is 9.48 Å². The van der Waals surface area contributed by atoms with Crippen molar-refractivity contribution in [3.05, 3.63) is 77.4 Å². The maximum absolute atomic E-state index is 13.1. The molecule has 2 aromatic carbocycles. The number of methoxy groups -OCH3 is 1. The van der Waals surface area contributed by atoms with Crippen LogP contribution in [0.3, 0.4) is 0 Å². The van der Waals surface area contributed by atoms with Crippen LogP contribution < -0.4 is 10.1 Å². The van der Waals surface area contributed by atoms with Crippen LogP contribution in [-0.2, 0) is 17.9 Å². The average Bonchev–Trinajstić information content (AvgIpc) is 3.12. The van der Waals surface area contributed by atoms with Crippen LogP contribution in [0, 0.1) is 5.82 Å². The molecule has 3 aromatic rings. The summed E-state index contributed by atoms with van der Waals surface area (Å²) in [7, 11) is 1.55. The number of halogens is 1. The number of benzene rings is 2. The summed E-state index contributed by atoms with van der Waals surface area (Å²) in [5.74, 6) is -0.0288. The quantitative estimate of drug-likeness (QED) is 0.766. The molecule has 0 spiro atoms. The summed E-state index contributed by atoms with van der Waals surface area (Å²) in [5.41, 5.74) is 2.58. The molecule has 0 saturated carbocycles. The topological polar surface area (TPSA) is 65.4 Å². The summed E-state index contributed by atoms with van der Waals surface area (Å²) >= 11 is 0. The number of hydrogen-bond acceptors (Lipinski definition) is 4. The first-order chi connectivity index (χ1) is 13.1. The fourth-order valence-electron chi connectivity index (χ4n) is 3.05. The summed E-state index contributed by atoms with van der Waals surface area (Å²) in [6, 6.07) is 15.1. The minimum absolute atomic E-state index is 0.233. The van der Waals surface area contributed by atoms with Crippen molar-refractivity contribution < 1.29 is 18.7 Å². The van der Waals surface area contributed by atoms with Crippen molar-refractivity contribution >= 4 is 11.6 Å². The molecule has 0 unspecified atom stereocenters. The Morgan fingerprint density at radius 2 is 2.04 bits per heavy atom. The van der Waals surface area contributed by atoms with Crippen molar-refractivity contribution in [1.29, 1.82) is 0 Å². The zero-order valence-corrected chi connectivity index (χ0v) is 14.7. The molecule has 1 atom stereocenters. The van der Waals surface area contributed by atoms with E-state index in [1.54, 1.807) is 42.1 Å². The van der Waals surface area contributed by atoms with Crippen LogP contribution in [0.15, 0.2) is 54.6 Å². The van der Waals surface area contributed by atoms with E-state index in [0.717, 1.165) is 11.3 Å². The Morgan fingerprint density at radius 3 is 2.81 bits per heavy atom. The van der Waals surface area contributed by atoms with Crippen LogP contribution in [0.4, 0.5) is 10.1 Å². The normalized spacial score (nSPS) is 15.9. The van der Waals surface area contributed by atoms with Crippen LogP contribution in [-0.4, -0.2) is 22.8 Å². The van der Waals surface area contributed by atoms with Gasteiger partial charge in [0.1, 0.15) is 17.7 Å². The summed E-state index contributed by atoms with van der Waals surface area (Å²) in [4.78, 5) is 12.6. The molecule has 1 N–H and O–H groups in total. The summed E-state index contributed by atoms with van der Waals surface area (Å²) in [5, 5.41) is 7.22. The van der Waals surface area contributed by atoms with E-state index in [2.05, 4.69) is 10.4 Å². The molecule has 27 heavy (non-hydrogen) atoms. The van der Waals surface area contributed by atoms with Gasteiger partial charge in [0.2, 0.25) is 0 Å². The molecule has 6 nitrogen and oxygen atoms in total. The Hall–Kier alpha value is -3.19. The third kappa shape index (κ3) is 3.54. The lowest BCUT2D eigenvalue weighted by Crippen LogP contribution is -2.22. The lowest BCUT2D eigenvalue weighted by atomic mass is 10.1. The van der Waals surface area contributed by atoms with E-state index in [0.29, 0.717) is 30.3 Å². The number of hydrogen-bond donors (Lipinski definition) is 1. The monoisotopic (exact) mass is 367 g/mol. The lowest BCUT2D eigenvalue weighted by Gasteiger charge is -2.24. The number of nitrogens with zero attached hydrogens (tertiary/aromatic N) is 2. The van der Waals surface area contributed by atoms with Crippen LogP contribution in [0.25, 0.3) is 0 Å². The van der Waals surface area contributed by atoms with Crippen molar-refractivity contribution in [1.82, 2.24) is 9.78 Å². The van der Waals surface area contributed by atoms with Gasteiger partial charge in [-0.15, -0.1) is 0 Å². The summed E-state index contributed by atoms with van der Waals surface area (Å²) < 4.78 is 26.0. The fraction of sp³-hybridized carbons (Fsp3) is 0.200. The predicted octanol–water partition coefficient (Wildman–Crippen LogP) is 3.55. The van der Waals surface area contributed by atoms with Crippen LogP contribution in [0.1, 0.15) is 27.8 Å². The van der Waals surface area contributed by atoms with E-state index in [1.165, 1.54) is 12.1 Å². The number of carbonyl (C=O) groups is 1. The Balaban J connectivity index is 1.51. The van der Waals surface area contributed by atoms with E-state index < -0.39 is 0 Å². The molecule has 0 saturated heterocycles. The van der Waals surface area contributed by atoms with Crippen LogP contribution >= 0.6 is 0 Å². The van der Waals surface area contributed by atoms with Gasteiger partial charge in [-0.1, -0.05) is 24.3 Å². The fourth-order valence-corrected chi connectivity index (χ4v) is 3.05.